The summed E-state index contributed by atoms with van der Waals surface area (Å²) in [6, 6.07) is 2.04. The Kier molecular flexibility index (Phi) is 5.95. The fourth-order valence-electron chi connectivity index (χ4n) is 1.65. The summed E-state index contributed by atoms with van der Waals surface area (Å²) in [5.74, 6) is -4.35. The van der Waals surface area contributed by atoms with Crippen LogP contribution in [0.4, 0.5) is 8.78 Å². The number of Topliss-reactive ketones (excluding diaryl/α,β-unsaturated/α-hetero) is 1. The van der Waals surface area contributed by atoms with Gasteiger partial charge in [0.15, 0.2) is 11.6 Å². The molecule has 0 aliphatic carbocycles. The normalized spacial score (nSPS) is 11.6. The molecular weight excluding hydrogens is 284 g/mol. The second-order valence-corrected chi connectivity index (χ2v) is 4.39. The van der Waals surface area contributed by atoms with Crippen molar-refractivity contribution in [2.24, 2.45) is 0 Å². The molecule has 0 fully saturated rings. The predicted octanol–water partition coefficient (Wildman–Crippen LogP) is 1.61. The highest BCUT2D eigenvalue weighted by Crippen LogP contribution is 2.12. The van der Waals surface area contributed by atoms with Gasteiger partial charge in [0.2, 0.25) is 0 Å². The van der Waals surface area contributed by atoms with E-state index in [9.17, 15) is 23.2 Å². The molecule has 0 bridgehead atoms. The predicted molar refractivity (Wildman–Crippen MR) is 69.5 cm³/mol. The third-order valence-electron chi connectivity index (χ3n) is 2.77. The minimum Gasteiger partial charge on any atom is -0.467 e. The number of ketones is 1. The summed E-state index contributed by atoms with van der Waals surface area (Å²) in [5, 5.41) is 2.24. The molecular formula is C14H15F2NO4. The van der Waals surface area contributed by atoms with E-state index in [1.54, 1.807) is 0 Å². The second kappa shape index (κ2) is 7.47. The highest BCUT2D eigenvalue weighted by atomic mass is 19.2. The Morgan fingerprint density at radius 2 is 1.95 bits per heavy atom. The summed E-state index contributed by atoms with van der Waals surface area (Å²) in [5.41, 5.74) is -0.522. The molecule has 0 spiro atoms. The smallest absolute Gasteiger partial charge is 0.328 e. The highest BCUT2D eigenvalue weighted by molar-refractivity contribution is 5.97. The van der Waals surface area contributed by atoms with E-state index in [-0.39, 0.29) is 18.6 Å². The molecule has 1 N–H and O–H groups in total. The third kappa shape index (κ3) is 4.62. The van der Waals surface area contributed by atoms with Crippen molar-refractivity contribution in [3.05, 3.63) is 35.4 Å². The van der Waals surface area contributed by atoms with Crippen molar-refractivity contribution in [1.29, 1.82) is 0 Å². The maximum Gasteiger partial charge on any atom is 0.328 e. The Labute approximate surface area is 120 Å². The number of amides is 1. The first kappa shape index (κ1) is 16.7. The number of carbonyl (C=O) groups is 3. The van der Waals surface area contributed by atoms with Crippen LogP contribution in [0.15, 0.2) is 18.2 Å². The number of rotatable bonds is 6. The Hall–Kier alpha value is -2.31. The number of esters is 1. The van der Waals surface area contributed by atoms with Crippen molar-refractivity contribution in [3.8, 4) is 0 Å². The minimum atomic E-state index is -1.30. The van der Waals surface area contributed by atoms with Crippen LogP contribution in [0.25, 0.3) is 0 Å². The van der Waals surface area contributed by atoms with Crippen LogP contribution in [0.5, 0.6) is 0 Å². The van der Waals surface area contributed by atoms with E-state index in [4.69, 9.17) is 0 Å². The molecule has 5 nitrogen and oxygen atoms in total. The summed E-state index contributed by atoms with van der Waals surface area (Å²) in [4.78, 5) is 34.3. The van der Waals surface area contributed by atoms with Gasteiger partial charge >= 0.3 is 5.97 Å². The average Bonchev–Trinajstić information content (AvgIpc) is 2.45. The van der Waals surface area contributed by atoms with Gasteiger partial charge in [-0.15, -0.1) is 0 Å². The van der Waals surface area contributed by atoms with Gasteiger partial charge in [0, 0.05) is 6.42 Å². The zero-order chi connectivity index (χ0) is 16.0. The molecule has 1 atom stereocenters. The van der Waals surface area contributed by atoms with Gasteiger partial charge in [-0.2, -0.15) is 0 Å². The molecule has 1 rings (SSSR count). The maximum absolute atomic E-state index is 13.5. The van der Waals surface area contributed by atoms with Crippen LogP contribution in [0.3, 0.4) is 0 Å². The van der Waals surface area contributed by atoms with Crippen molar-refractivity contribution < 1.29 is 27.9 Å². The quantitative estimate of drug-likeness (QED) is 0.810. The number of halogens is 2. The zero-order valence-electron chi connectivity index (χ0n) is 11.6. The van der Waals surface area contributed by atoms with Crippen LogP contribution < -0.4 is 5.32 Å². The fraction of sp³-hybridized carbons (Fsp3) is 0.357. The number of ether oxygens (including phenoxy) is 1. The Morgan fingerprint density at radius 3 is 2.52 bits per heavy atom. The molecule has 0 saturated heterocycles. The van der Waals surface area contributed by atoms with Crippen molar-refractivity contribution in [2.75, 3.05) is 7.11 Å². The van der Waals surface area contributed by atoms with Gasteiger partial charge in [0.1, 0.15) is 11.8 Å². The first-order valence-electron chi connectivity index (χ1n) is 6.19. The van der Waals surface area contributed by atoms with Gasteiger partial charge in [-0.25, -0.2) is 13.6 Å². The fourth-order valence-corrected chi connectivity index (χ4v) is 1.65. The van der Waals surface area contributed by atoms with E-state index in [1.165, 1.54) is 13.0 Å². The molecule has 21 heavy (non-hydrogen) atoms. The van der Waals surface area contributed by atoms with Crippen LogP contribution >= 0.6 is 0 Å². The molecule has 0 radical (unpaired) electrons. The molecule has 0 heterocycles. The van der Waals surface area contributed by atoms with Gasteiger partial charge in [-0.1, -0.05) is 6.07 Å². The standard InChI is InChI=1S/C14H15F2NO4/c1-8(18)6-7-11(14(20)21-2)17-13(19)9-4-3-5-10(15)12(9)16/h3-5,11H,6-7H2,1-2H3,(H,17,19)/t11-/m0/s1. The first-order chi connectivity index (χ1) is 9.86. The zero-order valence-corrected chi connectivity index (χ0v) is 11.6. The van der Waals surface area contributed by atoms with Crippen LogP contribution in [-0.4, -0.2) is 30.8 Å². The molecule has 0 unspecified atom stereocenters. The Bertz CT molecular complexity index is 560. The topological polar surface area (TPSA) is 72.5 Å². The number of hydrogen-bond acceptors (Lipinski definition) is 4. The largest absolute Gasteiger partial charge is 0.467 e. The lowest BCUT2D eigenvalue weighted by Crippen LogP contribution is -2.42. The number of methoxy groups -OCH3 is 1. The minimum absolute atomic E-state index is 0.0185. The lowest BCUT2D eigenvalue weighted by molar-refractivity contribution is -0.143. The molecule has 1 aromatic rings. The molecule has 114 valence electrons. The average molecular weight is 299 g/mol. The van der Waals surface area contributed by atoms with Crippen molar-refractivity contribution in [1.82, 2.24) is 5.32 Å². The van der Waals surface area contributed by atoms with Gasteiger partial charge in [-0.05, 0) is 25.5 Å². The van der Waals surface area contributed by atoms with E-state index in [0.29, 0.717) is 0 Å². The molecule has 1 amide bonds. The van der Waals surface area contributed by atoms with Gasteiger partial charge < -0.3 is 14.8 Å². The molecule has 0 aliphatic heterocycles. The van der Waals surface area contributed by atoms with Crippen molar-refractivity contribution in [2.45, 2.75) is 25.8 Å². The number of hydrogen-bond donors (Lipinski definition) is 1. The van der Waals surface area contributed by atoms with Gasteiger partial charge in [0.25, 0.3) is 5.91 Å². The third-order valence-corrected chi connectivity index (χ3v) is 2.77. The maximum atomic E-state index is 13.5. The van der Waals surface area contributed by atoms with E-state index in [1.807, 2.05) is 0 Å². The van der Waals surface area contributed by atoms with Crippen LogP contribution in [0, 0.1) is 11.6 Å². The van der Waals surface area contributed by atoms with E-state index < -0.39 is 35.1 Å². The van der Waals surface area contributed by atoms with Crippen LogP contribution in [0.1, 0.15) is 30.1 Å². The molecule has 1 aromatic carbocycles. The summed E-state index contributed by atoms with van der Waals surface area (Å²) in [7, 11) is 1.12. The lowest BCUT2D eigenvalue weighted by atomic mass is 10.1. The number of nitrogens with one attached hydrogen (secondary N) is 1. The molecule has 0 aromatic heterocycles. The van der Waals surface area contributed by atoms with E-state index in [0.717, 1.165) is 19.2 Å². The van der Waals surface area contributed by atoms with Gasteiger partial charge in [-0.3, -0.25) is 4.79 Å². The first-order valence-corrected chi connectivity index (χ1v) is 6.19. The lowest BCUT2D eigenvalue weighted by Gasteiger charge is -2.16. The Morgan fingerprint density at radius 1 is 1.29 bits per heavy atom. The summed E-state index contributed by atoms with van der Waals surface area (Å²) in [6.07, 6.45) is 0.0658. The van der Waals surface area contributed by atoms with Crippen LogP contribution in [-0.2, 0) is 14.3 Å². The SMILES string of the molecule is COC(=O)[C@H](CCC(C)=O)NC(=O)c1cccc(F)c1F. The summed E-state index contributed by atoms with van der Waals surface area (Å²) >= 11 is 0. The summed E-state index contributed by atoms with van der Waals surface area (Å²) in [6.45, 7) is 1.34. The van der Waals surface area contributed by atoms with Gasteiger partial charge in [0.05, 0.1) is 12.7 Å². The Balaban J connectivity index is 2.87. The molecule has 0 aliphatic rings. The highest BCUT2D eigenvalue weighted by Gasteiger charge is 2.24. The van der Waals surface area contributed by atoms with Crippen molar-refractivity contribution in [3.63, 3.8) is 0 Å². The van der Waals surface area contributed by atoms with E-state index in [2.05, 4.69) is 10.1 Å². The molecule has 7 heteroatoms. The monoisotopic (exact) mass is 299 g/mol. The second-order valence-electron chi connectivity index (χ2n) is 4.39. The van der Waals surface area contributed by atoms with Crippen LogP contribution in [0.2, 0.25) is 0 Å². The summed E-state index contributed by atoms with van der Waals surface area (Å²) < 4.78 is 31.1. The number of benzene rings is 1. The molecule has 0 saturated carbocycles. The van der Waals surface area contributed by atoms with Crippen molar-refractivity contribution >= 4 is 17.7 Å². The van der Waals surface area contributed by atoms with E-state index >= 15 is 0 Å². The number of carbonyl (C=O) groups excluding carboxylic acids is 3.